The van der Waals surface area contributed by atoms with Gasteiger partial charge in [0.2, 0.25) is 5.91 Å². The summed E-state index contributed by atoms with van der Waals surface area (Å²) in [6.07, 6.45) is 1.22. The van der Waals surface area contributed by atoms with Crippen molar-refractivity contribution in [3.63, 3.8) is 0 Å². The second-order valence-electron chi connectivity index (χ2n) is 5.25. The van der Waals surface area contributed by atoms with E-state index in [0.717, 1.165) is 19.5 Å². The van der Waals surface area contributed by atoms with Crippen molar-refractivity contribution in [2.45, 2.75) is 39.4 Å². The van der Waals surface area contributed by atoms with Crippen molar-refractivity contribution in [2.75, 3.05) is 27.2 Å². The van der Waals surface area contributed by atoms with Crippen molar-refractivity contribution < 1.29 is 4.79 Å². The summed E-state index contributed by atoms with van der Waals surface area (Å²) in [6.45, 7) is 8.13. The van der Waals surface area contributed by atoms with E-state index in [-0.39, 0.29) is 18.1 Å². The van der Waals surface area contributed by atoms with E-state index in [1.807, 2.05) is 4.90 Å². The van der Waals surface area contributed by atoms with E-state index in [9.17, 15) is 4.79 Å². The van der Waals surface area contributed by atoms with Crippen LogP contribution in [-0.2, 0) is 4.79 Å². The molecular formula is C12H25N3O. The molecule has 1 aliphatic rings. The molecule has 0 aromatic rings. The normalized spacial score (nSPS) is 26.2. The molecule has 1 fully saturated rings. The lowest BCUT2D eigenvalue weighted by Crippen LogP contribution is -2.36. The Kier molecular flexibility index (Phi) is 4.74. The fraction of sp³-hybridized carbons (Fsp3) is 0.917. The van der Waals surface area contributed by atoms with E-state index in [4.69, 9.17) is 0 Å². The van der Waals surface area contributed by atoms with Gasteiger partial charge in [0.05, 0.1) is 12.2 Å². The molecule has 0 aliphatic carbocycles. The first-order valence-corrected chi connectivity index (χ1v) is 6.14. The van der Waals surface area contributed by atoms with Gasteiger partial charge in [-0.3, -0.25) is 10.1 Å². The quantitative estimate of drug-likeness (QED) is 0.752. The minimum Gasteiger partial charge on any atom is -0.326 e. The monoisotopic (exact) mass is 227 g/mol. The zero-order valence-corrected chi connectivity index (χ0v) is 11.2. The third kappa shape index (κ3) is 3.19. The zero-order valence-electron chi connectivity index (χ0n) is 11.2. The minimum atomic E-state index is 0.00866. The Bertz CT molecular complexity index is 240. The highest BCUT2D eigenvalue weighted by Crippen LogP contribution is 2.16. The number of nitrogens with zero attached hydrogens (tertiary/aromatic N) is 2. The molecule has 0 radical (unpaired) electrons. The van der Waals surface area contributed by atoms with Gasteiger partial charge in [-0.05, 0) is 39.9 Å². The van der Waals surface area contributed by atoms with Crippen LogP contribution in [0.1, 0.15) is 27.2 Å². The van der Waals surface area contributed by atoms with Gasteiger partial charge in [0.25, 0.3) is 0 Å². The van der Waals surface area contributed by atoms with Crippen molar-refractivity contribution in [1.82, 2.24) is 15.1 Å². The van der Waals surface area contributed by atoms with Gasteiger partial charge in [-0.2, -0.15) is 0 Å². The van der Waals surface area contributed by atoms with Crippen LogP contribution in [0, 0.1) is 5.92 Å². The van der Waals surface area contributed by atoms with Crippen LogP contribution >= 0.6 is 0 Å². The summed E-state index contributed by atoms with van der Waals surface area (Å²) in [5.41, 5.74) is 0. The van der Waals surface area contributed by atoms with E-state index in [2.05, 4.69) is 45.1 Å². The molecule has 16 heavy (non-hydrogen) atoms. The standard InChI is InChI=1S/C12H25N3O/c1-9(2)11-12(16)15(10(3)13-11)8-6-7-14(4)5/h9-11,13H,6-8H2,1-5H3. The van der Waals surface area contributed by atoms with Crippen LogP contribution in [0.4, 0.5) is 0 Å². The number of carbonyl (C=O) groups excluding carboxylic acids is 1. The van der Waals surface area contributed by atoms with Crippen LogP contribution in [0.5, 0.6) is 0 Å². The first-order valence-electron chi connectivity index (χ1n) is 6.14. The summed E-state index contributed by atoms with van der Waals surface area (Å²) >= 11 is 0. The van der Waals surface area contributed by atoms with Gasteiger partial charge in [0, 0.05) is 6.54 Å². The number of rotatable bonds is 5. The minimum absolute atomic E-state index is 0.00866. The molecule has 1 heterocycles. The Morgan fingerprint density at radius 3 is 2.50 bits per heavy atom. The summed E-state index contributed by atoms with van der Waals surface area (Å²) < 4.78 is 0. The summed E-state index contributed by atoms with van der Waals surface area (Å²) in [5.74, 6) is 0.634. The SMILES string of the molecule is CC(C)C1NC(C)N(CCCN(C)C)C1=O. The highest BCUT2D eigenvalue weighted by atomic mass is 16.2. The van der Waals surface area contributed by atoms with E-state index in [1.165, 1.54) is 0 Å². The average Bonchev–Trinajstić information content (AvgIpc) is 2.44. The maximum atomic E-state index is 12.1. The topological polar surface area (TPSA) is 35.6 Å². The summed E-state index contributed by atoms with van der Waals surface area (Å²) in [4.78, 5) is 16.2. The van der Waals surface area contributed by atoms with Gasteiger partial charge in [0.1, 0.15) is 0 Å². The van der Waals surface area contributed by atoms with Crippen LogP contribution in [0.15, 0.2) is 0 Å². The third-order valence-corrected chi connectivity index (χ3v) is 3.11. The molecule has 0 aromatic heterocycles. The predicted molar refractivity (Wildman–Crippen MR) is 66.1 cm³/mol. The molecule has 0 aromatic carbocycles. The number of amides is 1. The zero-order chi connectivity index (χ0) is 12.3. The Morgan fingerprint density at radius 2 is 2.06 bits per heavy atom. The molecule has 0 bridgehead atoms. The lowest BCUT2D eigenvalue weighted by atomic mass is 10.1. The molecule has 1 aliphatic heterocycles. The number of hydrogen-bond donors (Lipinski definition) is 1. The third-order valence-electron chi connectivity index (χ3n) is 3.11. The van der Waals surface area contributed by atoms with Crippen molar-refractivity contribution in [3.05, 3.63) is 0 Å². The molecule has 1 N–H and O–H groups in total. The highest BCUT2D eigenvalue weighted by Gasteiger charge is 2.37. The summed E-state index contributed by atoms with van der Waals surface area (Å²) in [5, 5.41) is 3.35. The van der Waals surface area contributed by atoms with Gasteiger partial charge in [-0.25, -0.2) is 0 Å². The lowest BCUT2D eigenvalue weighted by molar-refractivity contribution is -0.130. The van der Waals surface area contributed by atoms with Gasteiger partial charge < -0.3 is 9.80 Å². The highest BCUT2D eigenvalue weighted by molar-refractivity contribution is 5.84. The first kappa shape index (κ1) is 13.5. The van der Waals surface area contributed by atoms with Gasteiger partial charge >= 0.3 is 0 Å². The Morgan fingerprint density at radius 1 is 1.44 bits per heavy atom. The smallest absolute Gasteiger partial charge is 0.241 e. The fourth-order valence-electron chi connectivity index (χ4n) is 2.13. The van der Waals surface area contributed by atoms with Gasteiger partial charge in [-0.1, -0.05) is 13.8 Å². The largest absolute Gasteiger partial charge is 0.326 e. The molecule has 4 heteroatoms. The Hall–Kier alpha value is -0.610. The second kappa shape index (κ2) is 5.64. The van der Waals surface area contributed by atoms with Crippen LogP contribution in [0.25, 0.3) is 0 Å². The average molecular weight is 227 g/mol. The maximum Gasteiger partial charge on any atom is 0.241 e. The van der Waals surface area contributed by atoms with Crippen LogP contribution in [0.3, 0.4) is 0 Å². The van der Waals surface area contributed by atoms with Crippen molar-refractivity contribution in [1.29, 1.82) is 0 Å². The van der Waals surface area contributed by atoms with E-state index < -0.39 is 0 Å². The van der Waals surface area contributed by atoms with E-state index in [0.29, 0.717) is 5.92 Å². The predicted octanol–water partition coefficient (Wildman–Crippen LogP) is 0.740. The lowest BCUT2D eigenvalue weighted by Gasteiger charge is -2.21. The summed E-state index contributed by atoms with van der Waals surface area (Å²) in [6, 6.07) is 0.00866. The molecule has 1 rings (SSSR count). The van der Waals surface area contributed by atoms with Gasteiger partial charge in [-0.15, -0.1) is 0 Å². The van der Waals surface area contributed by atoms with Crippen molar-refractivity contribution >= 4 is 5.91 Å². The van der Waals surface area contributed by atoms with Crippen LogP contribution in [0.2, 0.25) is 0 Å². The van der Waals surface area contributed by atoms with E-state index >= 15 is 0 Å². The second-order valence-corrected chi connectivity index (χ2v) is 5.25. The van der Waals surface area contributed by atoms with E-state index in [1.54, 1.807) is 0 Å². The first-order chi connectivity index (χ1) is 7.43. The number of nitrogens with one attached hydrogen (secondary N) is 1. The summed E-state index contributed by atoms with van der Waals surface area (Å²) in [7, 11) is 4.12. The molecule has 0 spiro atoms. The molecule has 1 amide bonds. The Balaban J connectivity index is 2.45. The molecule has 4 nitrogen and oxygen atoms in total. The number of hydrogen-bond acceptors (Lipinski definition) is 3. The maximum absolute atomic E-state index is 12.1. The molecule has 1 saturated heterocycles. The fourth-order valence-corrected chi connectivity index (χ4v) is 2.13. The molecule has 2 atom stereocenters. The van der Waals surface area contributed by atoms with Crippen LogP contribution < -0.4 is 5.32 Å². The number of carbonyl (C=O) groups is 1. The molecular weight excluding hydrogens is 202 g/mol. The molecule has 94 valence electrons. The van der Waals surface area contributed by atoms with Crippen molar-refractivity contribution in [3.8, 4) is 0 Å². The van der Waals surface area contributed by atoms with Gasteiger partial charge in [0.15, 0.2) is 0 Å². The van der Waals surface area contributed by atoms with Crippen molar-refractivity contribution in [2.24, 2.45) is 5.92 Å². The van der Waals surface area contributed by atoms with Crippen LogP contribution in [-0.4, -0.2) is 55.1 Å². The molecule has 0 saturated carbocycles. The Labute approximate surface area is 99.0 Å². The molecule has 2 unspecified atom stereocenters.